The molecular formula is C19H29Cl2N3S. The Morgan fingerprint density at radius 1 is 1.24 bits per heavy atom. The summed E-state index contributed by atoms with van der Waals surface area (Å²) >= 11 is 1.74. The van der Waals surface area contributed by atoms with Crippen molar-refractivity contribution in [2.45, 2.75) is 46.2 Å². The third-order valence-corrected chi connectivity index (χ3v) is 5.88. The smallest absolute Gasteiger partial charge is 0.123 e. The molecule has 3 nitrogen and oxygen atoms in total. The minimum atomic E-state index is 0. The third kappa shape index (κ3) is 5.41. The van der Waals surface area contributed by atoms with Crippen LogP contribution < -0.4 is 5.73 Å². The minimum absolute atomic E-state index is 0. The molecule has 1 aromatic carbocycles. The molecule has 1 aromatic heterocycles. The Bertz CT molecular complexity index is 655. The van der Waals surface area contributed by atoms with Crippen LogP contribution >= 0.6 is 36.2 Å². The zero-order chi connectivity index (χ0) is 16.4. The van der Waals surface area contributed by atoms with Gasteiger partial charge in [0.15, 0.2) is 0 Å². The maximum absolute atomic E-state index is 6.23. The lowest BCUT2D eigenvalue weighted by Gasteiger charge is -2.42. The SMILES string of the molecule is CCc1ccc(-c2nc(CN3CCC(N)C(C)(C)C3)cs2)cc1.Cl.Cl. The largest absolute Gasteiger partial charge is 0.327 e. The van der Waals surface area contributed by atoms with Gasteiger partial charge in [0, 0.05) is 36.6 Å². The number of nitrogens with zero attached hydrogens (tertiary/aromatic N) is 2. The van der Waals surface area contributed by atoms with Crippen LogP contribution in [-0.2, 0) is 13.0 Å². The lowest BCUT2D eigenvalue weighted by atomic mass is 9.80. The number of hydrogen-bond acceptors (Lipinski definition) is 4. The van der Waals surface area contributed by atoms with Crippen LogP contribution in [0.15, 0.2) is 29.6 Å². The van der Waals surface area contributed by atoms with Gasteiger partial charge in [-0.2, -0.15) is 0 Å². The first kappa shape index (κ1) is 22.4. The highest BCUT2D eigenvalue weighted by molar-refractivity contribution is 7.13. The number of aromatic nitrogens is 1. The Labute approximate surface area is 167 Å². The zero-order valence-electron chi connectivity index (χ0n) is 15.2. The molecule has 2 N–H and O–H groups in total. The second-order valence-electron chi connectivity index (χ2n) is 7.29. The van der Waals surface area contributed by atoms with Crippen molar-refractivity contribution in [3.63, 3.8) is 0 Å². The highest BCUT2D eigenvalue weighted by Crippen LogP contribution is 2.30. The lowest BCUT2D eigenvalue weighted by Crippen LogP contribution is -2.52. The molecule has 1 aliphatic rings. The number of rotatable bonds is 4. The third-order valence-electron chi connectivity index (χ3n) is 4.94. The standard InChI is InChI=1S/C19H27N3S.2ClH/c1-4-14-5-7-15(8-6-14)18-21-16(12-23-18)11-22-10-9-17(20)19(2,3)13-22;;/h5-8,12,17H,4,9-11,13,20H2,1-3H3;2*1H. The average Bonchev–Trinajstić information content (AvgIpc) is 2.99. The van der Waals surface area contributed by atoms with Crippen LogP contribution in [0.25, 0.3) is 10.6 Å². The molecule has 1 aliphatic heterocycles. The first-order valence-corrected chi connectivity index (χ1v) is 9.37. The Hall–Kier alpha value is -0.650. The van der Waals surface area contributed by atoms with Crippen LogP contribution in [0.3, 0.4) is 0 Å². The average molecular weight is 402 g/mol. The van der Waals surface area contributed by atoms with Crippen molar-refractivity contribution < 1.29 is 0 Å². The number of likely N-dealkylation sites (tertiary alicyclic amines) is 1. The molecule has 0 bridgehead atoms. The van der Waals surface area contributed by atoms with Gasteiger partial charge in [0.1, 0.15) is 5.01 Å². The fraction of sp³-hybridized carbons (Fsp3) is 0.526. The van der Waals surface area contributed by atoms with Gasteiger partial charge in [-0.15, -0.1) is 36.2 Å². The monoisotopic (exact) mass is 401 g/mol. The van der Waals surface area contributed by atoms with Crippen LogP contribution in [0.4, 0.5) is 0 Å². The predicted molar refractivity (Wildman–Crippen MR) is 113 cm³/mol. The van der Waals surface area contributed by atoms with Crippen molar-refractivity contribution in [3.8, 4) is 10.6 Å². The van der Waals surface area contributed by atoms with E-state index in [4.69, 9.17) is 10.7 Å². The summed E-state index contributed by atoms with van der Waals surface area (Å²) in [5.74, 6) is 0. The van der Waals surface area contributed by atoms with Crippen LogP contribution in [0, 0.1) is 5.41 Å². The lowest BCUT2D eigenvalue weighted by molar-refractivity contribution is 0.0891. The predicted octanol–water partition coefficient (Wildman–Crippen LogP) is 4.78. The highest BCUT2D eigenvalue weighted by Gasteiger charge is 2.33. The number of hydrogen-bond donors (Lipinski definition) is 1. The first-order valence-electron chi connectivity index (χ1n) is 8.49. The van der Waals surface area contributed by atoms with Crippen LogP contribution in [0.1, 0.15) is 38.4 Å². The summed E-state index contributed by atoms with van der Waals surface area (Å²) in [5.41, 5.74) is 10.2. The molecule has 25 heavy (non-hydrogen) atoms. The quantitative estimate of drug-likeness (QED) is 0.801. The van der Waals surface area contributed by atoms with E-state index in [0.717, 1.165) is 37.5 Å². The molecule has 0 aliphatic carbocycles. The van der Waals surface area contributed by atoms with E-state index in [-0.39, 0.29) is 30.2 Å². The Kier molecular flexibility index (Phi) is 8.36. The van der Waals surface area contributed by atoms with Crippen molar-refractivity contribution in [1.29, 1.82) is 0 Å². The van der Waals surface area contributed by atoms with E-state index in [1.54, 1.807) is 11.3 Å². The summed E-state index contributed by atoms with van der Waals surface area (Å²) < 4.78 is 0. The number of halogens is 2. The second kappa shape index (κ2) is 9.33. The number of aryl methyl sites for hydroxylation is 1. The molecule has 0 amide bonds. The van der Waals surface area contributed by atoms with Crippen LogP contribution in [0.2, 0.25) is 0 Å². The number of benzene rings is 1. The molecule has 1 atom stereocenters. The van der Waals surface area contributed by atoms with Gasteiger partial charge in [-0.3, -0.25) is 4.90 Å². The molecule has 0 spiro atoms. The fourth-order valence-corrected chi connectivity index (χ4v) is 4.06. The number of nitrogens with two attached hydrogens (primary N) is 1. The molecular weight excluding hydrogens is 373 g/mol. The van der Waals surface area contributed by atoms with Crippen LogP contribution in [-0.4, -0.2) is 29.0 Å². The molecule has 2 aromatic rings. The maximum Gasteiger partial charge on any atom is 0.123 e. The molecule has 1 unspecified atom stereocenters. The number of thiazole rings is 1. The first-order chi connectivity index (χ1) is 11.0. The Morgan fingerprint density at radius 2 is 1.92 bits per heavy atom. The highest BCUT2D eigenvalue weighted by atomic mass is 35.5. The van der Waals surface area contributed by atoms with Gasteiger partial charge >= 0.3 is 0 Å². The van der Waals surface area contributed by atoms with Gasteiger partial charge in [0.05, 0.1) is 5.69 Å². The van der Waals surface area contributed by atoms with E-state index < -0.39 is 0 Å². The van der Waals surface area contributed by atoms with E-state index >= 15 is 0 Å². The molecule has 3 rings (SSSR count). The van der Waals surface area contributed by atoms with Gasteiger partial charge in [-0.1, -0.05) is 45.0 Å². The van der Waals surface area contributed by atoms with Crippen molar-refractivity contribution in [2.24, 2.45) is 11.1 Å². The number of piperidine rings is 1. The van der Waals surface area contributed by atoms with E-state index in [0.29, 0.717) is 6.04 Å². The fourth-order valence-electron chi connectivity index (χ4n) is 3.24. The van der Waals surface area contributed by atoms with Crippen molar-refractivity contribution >= 4 is 36.2 Å². The summed E-state index contributed by atoms with van der Waals surface area (Å²) in [5, 5.41) is 3.32. The second-order valence-corrected chi connectivity index (χ2v) is 8.15. The van der Waals surface area contributed by atoms with E-state index in [1.165, 1.54) is 16.8 Å². The molecule has 1 saturated heterocycles. The van der Waals surface area contributed by atoms with E-state index in [9.17, 15) is 0 Å². The Morgan fingerprint density at radius 3 is 2.52 bits per heavy atom. The van der Waals surface area contributed by atoms with Gasteiger partial charge < -0.3 is 5.73 Å². The molecule has 0 saturated carbocycles. The summed E-state index contributed by atoms with van der Waals surface area (Å²) in [7, 11) is 0. The minimum Gasteiger partial charge on any atom is -0.327 e. The summed E-state index contributed by atoms with van der Waals surface area (Å²) in [4.78, 5) is 7.33. The van der Waals surface area contributed by atoms with Gasteiger partial charge in [-0.25, -0.2) is 4.98 Å². The molecule has 6 heteroatoms. The van der Waals surface area contributed by atoms with Crippen molar-refractivity contribution in [3.05, 3.63) is 40.9 Å². The van der Waals surface area contributed by atoms with Gasteiger partial charge in [0.25, 0.3) is 0 Å². The topological polar surface area (TPSA) is 42.2 Å². The van der Waals surface area contributed by atoms with Gasteiger partial charge in [0.2, 0.25) is 0 Å². The summed E-state index contributed by atoms with van der Waals surface area (Å²) in [6.07, 6.45) is 2.15. The zero-order valence-corrected chi connectivity index (χ0v) is 17.6. The van der Waals surface area contributed by atoms with Gasteiger partial charge in [-0.05, 0) is 23.8 Å². The van der Waals surface area contributed by atoms with Crippen molar-refractivity contribution in [1.82, 2.24) is 9.88 Å². The normalized spacial score (nSPS) is 19.8. The van der Waals surface area contributed by atoms with E-state index in [1.807, 2.05) is 0 Å². The van der Waals surface area contributed by atoms with Crippen molar-refractivity contribution in [2.75, 3.05) is 13.1 Å². The summed E-state index contributed by atoms with van der Waals surface area (Å²) in [6.45, 7) is 9.77. The van der Waals surface area contributed by atoms with Crippen LogP contribution in [0.5, 0.6) is 0 Å². The molecule has 2 heterocycles. The molecule has 0 radical (unpaired) electrons. The maximum atomic E-state index is 6.23. The summed E-state index contributed by atoms with van der Waals surface area (Å²) in [6, 6.07) is 9.08. The Balaban J connectivity index is 0.00000156. The molecule has 140 valence electrons. The van der Waals surface area contributed by atoms with E-state index in [2.05, 4.69) is 55.3 Å². The molecule has 1 fully saturated rings.